The van der Waals surface area contributed by atoms with Crippen LogP contribution >= 0.6 is 11.6 Å². The molecule has 2 aromatic carbocycles. The average molecular weight is 402 g/mol. The number of hydrogen-bond acceptors (Lipinski definition) is 4. The molecule has 0 radical (unpaired) electrons. The van der Waals surface area contributed by atoms with Gasteiger partial charge in [0.05, 0.1) is 12.8 Å². The summed E-state index contributed by atoms with van der Waals surface area (Å²) in [6.45, 7) is 2.75. The van der Waals surface area contributed by atoms with E-state index in [1.807, 2.05) is 29.2 Å². The van der Waals surface area contributed by atoms with E-state index >= 15 is 0 Å². The number of para-hydroxylation sites is 2. The van der Waals surface area contributed by atoms with Gasteiger partial charge in [0, 0.05) is 49.7 Å². The molecule has 0 aromatic heterocycles. The van der Waals surface area contributed by atoms with Crippen LogP contribution in [0, 0.1) is 0 Å². The number of rotatable bonds is 6. The van der Waals surface area contributed by atoms with Gasteiger partial charge in [-0.15, -0.1) is 0 Å². The van der Waals surface area contributed by atoms with Crippen molar-refractivity contribution in [2.24, 2.45) is 0 Å². The Morgan fingerprint density at radius 1 is 1.00 bits per heavy atom. The molecule has 2 aromatic rings. The number of amides is 2. The molecule has 0 saturated carbocycles. The first-order valence-corrected chi connectivity index (χ1v) is 9.66. The van der Waals surface area contributed by atoms with Crippen LogP contribution in [0.4, 0.5) is 11.4 Å². The van der Waals surface area contributed by atoms with E-state index in [0.29, 0.717) is 23.8 Å². The third kappa shape index (κ3) is 5.16. The van der Waals surface area contributed by atoms with Crippen LogP contribution in [0.25, 0.3) is 0 Å². The van der Waals surface area contributed by atoms with Gasteiger partial charge in [0.2, 0.25) is 11.8 Å². The standard InChI is InChI=1S/C21H24ClN3O3/c1-28-19-5-3-2-4-18(19)24-12-14-25(15-13-24)21(27)11-10-20(26)23-17-8-6-16(22)7-9-17/h2-9H,10-15H2,1H3,(H,23,26). The highest BCUT2D eigenvalue weighted by molar-refractivity contribution is 6.30. The van der Waals surface area contributed by atoms with Crippen LogP contribution in [-0.4, -0.2) is 50.0 Å². The Labute approximate surface area is 170 Å². The van der Waals surface area contributed by atoms with Crippen molar-refractivity contribution in [1.29, 1.82) is 0 Å². The zero-order chi connectivity index (χ0) is 19.9. The number of anilines is 2. The third-order valence-corrected chi connectivity index (χ3v) is 5.00. The summed E-state index contributed by atoms with van der Waals surface area (Å²) in [4.78, 5) is 28.5. The van der Waals surface area contributed by atoms with Crippen molar-refractivity contribution in [2.75, 3.05) is 43.5 Å². The van der Waals surface area contributed by atoms with Gasteiger partial charge in [-0.1, -0.05) is 23.7 Å². The van der Waals surface area contributed by atoms with Crippen molar-refractivity contribution in [3.63, 3.8) is 0 Å². The molecule has 0 atom stereocenters. The van der Waals surface area contributed by atoms with Crippen molar-refractivity contribution in [2.45, 2.75) is 12.8 Å². The second-order valence-corrected chi connectivity index (χ2v) is 7.03. The molecule has 0 unspecified atom stereocenters. The highest BCUT2D eigenvalue weighted by Gasteiger charge is 2.23. The van der Waals surface area contributed by atoms with Gasteiger partial charge in [0.15, 0.2) is 0 Å². The Balaban J connectivity index is 1.45. The lowest BCUT2D eigenvalue weighted by Gasteiger charge is -2.36. The van der Waals surface area contributed by atoms with Crippen LogP contribution in [0.5, 0.6) is 5.75 Å². The maximum atomic E-state index is 12.5. The lowest BCUT2D eigenvalue weighted by Crippen LogP contribution is -2.49. The topological polar surface area (TPSA) is 61.9 Å². The molecule has 1 aliphatic heterocycles. The van der Waals surface area contributed by atoms with Gasteiger partial charge in [-0.3, -0.25) is 9.59 Å². The van der Waals surface area contributed by atoms with Crippen LogP contribution in [0.2, 0.25) is 5.02 Å². The smallest absolute Gasteiger partial charge is 0.224 e. The summed E-state index contributed by atoms with van der Waals surface area (Å²) in [7, 11) is 1.66. The van der Waals surface area contributed by atoms with Gasteiger partial charge in [-0.05, 0) is 36.4 Å². The van der Waals surface area contributed by atoms with E-state index in [4.69, 9.17) is 16.3 Å². The van der Waals surface area contributed by atoms with Gasteiger partial charge >= 0.3 is 0 Å². The van der Waals surface area contributed by atoms with E-state index < -0.39 is 0 Å². The highest BCUT2D eigenvalue weighted by atomic mass is 35.5. The number of nitrogens with one attached hydrogen (secondary N) is 1. The number of benzene rings is 2. The van der Waals surface area contributed by atoms with Crippen molar-refractivity contribution < 1.29 is 14.3 Å². The Morgan fingerprint density at radius 2 is 1.68 bits per heavy atom. The molecule has 3 rings (SSSR count). The average Bonchev–Trinajstić information content (AvgIpc) is 2.73. The number of carbonyl (C=O) groups is 2. The normalized spacial score (nSPS) is 13.9. The fourth-order valence-corrected chi connectivity index (χ4v) is 3.35. The lowest BCUT2D eigenvalue weighted by molar-refractivity contribution is -0.133. The fraction of sp³-hybridized carbons (Fsp3) is 0.333. The molecule has 2 amide bonds. The Morgan fingerprint density at radius 3 is 2.36 bits per heavy atom. The fourth-order valence-electron chi connectivity index (χ4n) is 3.22. The van der Waals surface area contributed by atoms with E-state index in [1.165, 1.54) is 0 Å². The summed E-state index contributed by atoms with van der Waals surface area (Å²) in [5.74, 6) is 0.662. The van der Waals surface area contributed by atoms with E-state index in [0.717, 1.165) is 24.5 Å². The maximum absolute atomic E-state index is 12.5. The molecule has 1 fully saturated rings. The number of piperazine rings is 1. The second-order valence-electron chi connectivity index (χ2n) is 6.59. The molecular formula is C21H24ClN3O3. The summed E-state index contributed by atoms with van der Waals surface area (Å²) in [5, 5.41) is 3.39. The van der Waals surface area contributed by atoms with Crippen LogP contribution < -0.4 is 15.0 Å². The number of ether oxygens (including phenoxy) is 1. The summed E-state index contributed by atoms with van der Waals surface area (Å²) in [5.41, 5.74) is 1.71. The van der Waals surface area contributed by atoms with Crippen molar-refractivity contribution in [1.82, 2.24) is 4.90 Å². The Hall–Kier alpha value is -2.73. The minimum atomic E-state index is -0.177. The molecule has 0 aliphatic carbocycles. The molecule has 148 valence electrons. The first-order valence-electron chi connectivity index (χ1n) is 9.28. The van der Waals surface area contributed by atoms with Gasteiger partial charge in [0.25, 0.3) is 0 Å². The number of nitrogens with zero attached hydrogens (tertiary/aromatic N) is 2. The van der Waals surface area contributed by atoms with E-state index in [-0.39, 0.29) is 24.7 Å². The molecule has 6 nitrogen and oxygen atoms in total. The predicted molar refractivity (Wildman–Crippen MR) is 111 cm³/mol. The number of methoxy groups -OCH3 is 1. The Bertz CT molecular complexity index is 818. The first kappa shape index (κ1) is 20.0. The molecular weight excluding hydrogens is 378 g/mol. The molecule has 0 bridgehead atoms. The molecule has 1 saturated heterocycles. The van der Waals surface area contributed by atoms with Crippen molar-refractivity contribution in [3.05, 3.63) is 53.6 Å². The van der Waals surface area contributed by atoms with Crippen molar-refractivity contribution in [3.8, 4) is 5.75 Å². The molecule has 1 heterocycles. The molecule has 7 heteroatoms. The number of carbonyl (C=O) groups excluding carboxylic acids is 2. The largest absolute Gasteiger partial charge is 0.495 e. The van der Waals surface area contributed by atoms with Gasteiger partial charge in [-0.25, -0.2) is 0 Å². The Kier molecular flexibility index (Phi) is 6.76. The molecule has 28 heavy (non-hydrogen) atoms. The second kappa shape index (κ2) is 9.46. The number of hydrogen-bond donors (Lipinski definition) is 1. The van der Waals surface area contributed by atoms with Crippen LogP contribution in [-0.2, 0) is 9.59 Å². The molecule has 0 spiro atoms. The zero-order valence-electron chi connectivity index (χ0n) is 15.9. The van der Waals surface area contributed by atoms with Crippen LogP contribution in [0.1, 0.15) is 12.8 Å². The highest BCUT2D eigenvalue weighted by Crippen LogP contribution is 2.28. The zero-order valence-corrected chi connectivity index (χ0v) is 16.6. The van der Waals surface area contributed by atoms with Crippen molar-refractivity contribution >= 4 is 34.8 Å². The van der Waals surface area contributed by atoms with E-state index in [2.05, 4.69) is 10.2 Å². The molecule has 1 aliphatic rings. The summed E-state index contributed by atoms with van der Waals surface area (Å²) >= 11 is 5.83. The van der Waals surface area contributed by atoms with E-state index in [1.54, 1.807) is 31.4 Å². The minimum absolute atomic E-state index is 0.00549. The predicted octanol–water partition coefficient (Wildman–Crippen LogP) is 3.42. The van der Waals surface area contributed by atoms with E-state index in [9.17, 15) is 9.59 Å². The summed E-state index contributed by atoms with van der Waals surface area (Å²) < 4.78 is 5.42. The van der Waals surface area contributed by atoms with Gasteiger partial charge in [-0.2, -0.15) is 0 Å². The van der Waals surface area contributed by atoms with Gasteiger partial charge in [0.1, 0.15) is 5.75 Å². The third-order valence-electron chi connectivity index (χ3n) is 4.75. The quantitative estimate of drug-likeness (QED) is 0.805. The van der Waals surface area contributed by atoms with Crippen LogP contribution in [0.15, 0.2) is 48.5 Å². The SMILES string of the molecule is COc1ccccc1N1CCN(C(=O)CCC(=O)Nc2ccc(Cl)cc2)CC1. The summed E-state index contributed by atoms with van der Waals surface area (Å²) in [6, 6.07) is 14.8. The van der Waals surface area contributed by atoms with Crippen LogP contribution in [0.3, 0.4) is 0 Å². The van der Waals surface area contributed by atoms with Gasteiger partial charge < -0.3 is 19.9 Å². The first-order chi connectivity index (χ1) is 13.6. The monoisotopic (exact) mass is 401 g/mol. The molecule has 1 N–H and O–H groups in total. The number of halogens is 1. The maximum Gasteiger partial charge on any atom is 0.224 e. The lowest BCUT2D eigenvalue weighted by atomic mass is 10.2. The minimum Gasteiger partial charge on any atom is -0.495 e. The summed E-state index contributed by atoms with van der Waals surface area (Å²) in [6.07, 6.45) is 0.363.